The first kappa shape index (κ1) is 14.1. The van der Waals surface area contributed by atoms with Crippen molar-refractivity contribution in [3.8, 4) is 0 Å². The van der Waals surface area contributed by atoms with Crippen molar-refractivity contribution < 1.29 is 9.53 Å². The molecule has 1 aromatic carbocycles. The van der Waals surface area contributed by atoms with Crippen molar-refractivity contribution in [2.75, 3.05) is 19.7 Å². The molecule has 0 aromatic heterocycles. The molecular formula is C16H23NO2. The molecule has 3 heteroatoms. The molecular weight excluding hydrogens is 238 g/mol. The Labute approximate surface area is 115 Å². The Hall–Kier alpha value is -1.35. The Morgan fingerprint density at radius 2 is 2.32 bits per heavy atom. The van der Waals surface area contributed by atoms with Crippen LogP contribution in [0.3, 0.4) is 0 Å². The minimum absolute atomic E-state index is 0.0521. The van der Waals surface area contributed by atoms with Crippen LogP contribution in [0.4, 0.5) is 0 Å². The van der Waals surface area contributed by atoms with Crippen LogP contribution in [0, 0.1) is 12.3 Å². The van der Waals surface area contributed by atoms with Crippen LogP contribution < -0.4 is 5.32 Å². The molecule has 0 radical (unpaired) electrons. The Kier molecular flexibility index (Phi) is 4.59. The fraction of sp³-hybridized carbons (Fsp3) is 0.562. The third kappa shape index (κ3) is 3.35. The van der Waals surface area contributed by atoms with E-state index in [2.05, 4.69) is 36.5 Å². The Balaban J connectivity index is 2.20. The summed E-state index contributed by atoms with van der Waals surface area (Å²) in [6.07, 6.45) is 2.71. The maximum absolute atomic E-state index is 12.3. The van der Waals surface area contributed by atoms with Gasteiger partial charge in [-0.15, -0.1) is 0 Å². The number of aryl methyl sites for hydroxylation is 1. The summed E-state index contributed by atoms with van der Waals surface area (Å²) in [6, 6.07) is 8.40. The summed E-state index contributed by atoms with van der Waals surface area (Å²) in [6.45, 7) is 6.12. The van der Waals surface area contributed by atoms with Gasteiger partial charge in [0, 0.05) is 6.54 Å². The molecule has 1 N–H and O–H groups in total. The fourth-order valence-corrected chi connectivity index (χ4v) is 2.86. The normalized spacial score (nSPS) is 23.1. The number of piperidine rings is 1. The Bertz CT molecular complexity index is 436. The third-order valence-electron chi connectivity index (χ3n) is 3.81. The van der Waals surface area contributed by atoms with Crippen molar-refractivity contribution >= 4 is 5.97 Å². The average Bonchev–Trinajstić information content (AvgIpc) is 2.40. The van der Waals surface area contributed by atoms with Gasteiger partial charge in [-0.1, -0.05) is 29.8 Å². The van der Waals surface area contributed by atoms with E-state index in [0.717, 1.165) is 32.4 Å². The molecule has 0 aliphatic carbocycles. The number of carbonyl (C=O) groups excluding carboxylic acids is 1. The zero-order chi connectivity index (χ0) is 13.7. The van der Waals surface area contributed by atoms with Crippen LogP contribution in [0.25, 0.3) is 0 Å². The van der Waals surface area contributed by atoms with E-state index < -0.39 is 0 Å². The Morgan fingerprint density at radius 3 is 2.95 bits per heavy atom. The lowest BCUT2D eigenvalue weighted by Gasteiger charge is -2.35. The summed E-state index contributed by atoms with van der Waals surface area (Å²) < 4.78 is 5.31. The SMILES string of the molecule is CCOC(=O)C1(Cc2cccc(C)c2)CCCNC1. The summed E-state index contributed by atoms with van der Waals surface area (Å²) in [5, 5.41) is 3.35. The van der Waals surface area contributed by atoms with E-state index in [0.29, 0.717) is 6.61 Å². The largest absolute Gasteiger partial charge is 0.466 e. The van der Waals surface area contributed by atoms with Gasteiger partial charge in [0.2, 0.25) is 0 Å². The lowest BCUT2D eigenvalue weighted by atomic mass is 9.75. The number of ether oxygens (including phenoxy) is 1. The van der Waals surface area contributed by atoms with Gasteiger partial charge in [0.1, 0.15) is 0 Å². The summed E-state index contributed by atoms with van der Waals surface area (Å²) in [4.78, 5) is 12.3. The highest BCUT2D eigenvalue weighted by atomic mass is 16.5. The third-order valence-corrected chi connectivity index (χ3v) is 3.81. The summed E-state index contributed by atoms with van der Waals surface area (Å²) in [5.74, 6) is -0.0521. The monoisotopic (exact) mass is 261 g/mol. The number of hydrogen-bond acceptors (Lipinski definition) is 3. The smallest absolute Gasteiger partial charge is 0.313 e. The van der Waals surface area contributed by atoms with Crippen LogP contribution in [-0.4, -0.2) is 25.7 Å². The second-order valence-corrected chi connectivity index (χ2v) is 5.45. The maximum Gasteiger partial charge on any atom is 0.313 e. The first-order valence-corrected chi connectivity index (χ1v) is 7.10. The molecule has 2 rings (SSSR count). The minimum atomic E-state index is -0.387. The molecule has 0 bridgehead atoms. The van der Waals surface area contributed by atoms with Crippen molar-refractivity contribution in [1.82, 2.24) is 5.32 Å². The molecule has 1 saturated heterocycles. The van der Waals surface area contributed by atoms with Crippen molar-refractivity contribution in [1.29, 1.82) is 0 Å². The van der Waals surface area contributed by atoms with Gasteiger partial charge < -0.3 is 10.1 Å². The fourth-order valence-electron chi connectivity index (χ4n) is 2.86. The lowest BCUT2D eigenvalue weighted by molar-refractivity contribution is -0.156. The minimum Gasteiger partial charge on any atom is -0.466 e. The van der Waals surface area contributed by atoms with Crippen molar-refractivity contribution in [2.24, 2.45) is 5.41 Å². The predicted octanol–water partition coefficient (Wildman–Crippen LogP) is 2.47. The quantitative estimate of drug-likeness (QED) is 0.846. The molecule has 19 heavy (non-hydrogen) atoms. The van der Waals surface area contributed by atoms with Crippen LogP contribution in [0.5, 0.6) is 0 Å². The van der Waals surface area contributed by atoms with Crippen molar-refractivity contribution in [3.05, 3.63) is 35.4 Å². The molecule has 3 nitrogen and oxygen atoms in total. The molecule has 1 heterocycles. The molecule has 0 saturated carbocycles. The van der Waals surface area contributed by atoms with E-state index in [1.54, 1.807) is 0 Å². The summed E-state index contributed by atoms with van der Waals surface area (Å²) >= 11 is 0. The van der Waals surface area contributed by atoms with E-state index in [1.165, 1.54) is 11.1 Å². The molecule has 0 amide bonds. The van der Waals surface area contributed by atoms with Gasteiger partial charge in [-0.05, 0) is 45.2 Å². The van der Waals surface area contributed by atoms with E-state index in [9.17, 15) is 4.79 Å². The summed E-state index contributed by atoms with van der Waals surface area (Å²) in [5.41, 5.74) is 2.07. The zero-order valence-corrected chi connectivity index (χ0v) is 11.9. The number of esters is 1. The van der Waals surface area contributed by atoms with Gasteiger partial charge >= 0.3 is 5.97 Å². The van der Waals surface area contributed by atoms with Crippen LogP contribution >= 0.6 is 0 Å². The molecule has 0 spiro atoms. The highest BCUT2D eigenvalue weighted by Gasteiger charge is 2.41. The second-order valence-electron chi connectivity index (χ2n) is 5.45. The van der Waals surface area contributed by atoms with Crippen LogP contribution in [0.2, 0.25) is 0 Å². The predicted molar refractivity (Wildman–Crippen MR) is 76.1 cm³/mol. The molecule has 1 fully saturated rings. The van der Waals surface area contributed by atoms with E-state index in [1.807, 2.05) is 6.92 Å². The first-order valence-electron chi connectivity index (χ1n) is 7.10. The van der Waals surface area contributed by atoms with E-state index in [4.69, 9.17) is 4.74 Å². The molecule has 1 atom stereocenters. The van der Waals surface area contributed by atoms with E-state index in [-0.39, 0.29) is 11.4 Å². The molecule has 1 unspecified atom stereocenters. The van der Waals surface area contributed by atoms with Gasteiger partial charge in [0.05, 0.1) is 12.0 Å². The van der Waals surface area contributed by atoms with Crippen LogP contribution in [0.1, 0.15) is 30.9 Å². The highest BCUT2D eigenvalue weighted by molar-refractivity contribution is 5.77. The van der Waals surface area contributed by atoms with Gasteiger partial charge in [0.15, 0.2) is 0 Å². The zero-order valence-electron chi connectivity index (χ0n) is 11.9. The first-order chi connectivity index (χ1) is 9.16. The van der Waals surface area contributed by atoms with Gasteiger partial charge in [-0.3, -0.25) is 4.79 Å². The van der Waals surface area contributed by atoms with Gasteiger partial charge in [0.25, 0.3) is 0 Å². The molecule has 1 aliphatic rings. The number of nitrogens with one attached hydrogen (secondary N) is 1. The molecule has 104 valence electrons. The lowest BCUT2D eigenvalue weighted by Crippen LogP contribution is -2.47. The van der Waals surface area contributed by atoms with E-state index >= 15 is 0 Å². The highest BCUT2D eigenvalue weighted by Crippen LogP contribution is 2.32. The van der Waals surface area contributed by atoms with Crippen molar-refractivity contribution in [3.63, 3.8) is 0 Å². The van der Waals surface area contributed by atoms with Crippen LogP contribution in [0.15, 0.2) is 24.3 Å². The number of rotatable bonds is 4. The average molecular weight is 261 g/mol. The summed E-state index contributed by atoms with van der Waals surface area (Å²) in [7, 11) is 0. The van der Waals surface area contributed by atoms with Crippen LogP contribution in [-0.2, 0) is 16.0 Å². The number of benzene rings is 1. The molecule has 1 aromatic rings. The van der Waals surface area contributed by atoms with Gasteiger partial charge in [-0.2, -0.15) is 0 Å². The number of carbonyl (C=O) groups is 1. The second kappa shape index (κ2) is 6.20. The van der Waals surface area contributed by atoms with Gasteiger partial charge in [-0.25, -0.2) is 0 Å². The standard InChI is InChI=1S/C16H23NO2/c1-3-19-15(18)16(8-5-9-17-12-16)11-14-7-4-6-13(2)10-14/h4,6-7,10,17H,3,5,8-9,11-12H2,1-2H3. The molecule has 1 aliphatic heterocycles. The van der Waals surface area contributed by atoms with Crippen molar-refractivity contribution in [2.45, 2.75) is 33.1 Å². The maximum atomic E-state index is 12.3. The topological polar surface area (TPSA) is 38.3 Å². The Morgan fingerprint density at radius 1 is 1.47 bits per heavy atom. The number of hydrogen-bond donors (Lipinski definition) is 1.